The minimum atomic E-state index is -0.397. The van der Waals surface area contributed by atoms with Gasteiger partial charge in [0.15, 0.2) is 5.65 Å². The predicted octanol–water partition coefficient (Wildman–Crippen LogP) is 2.22. The number of rotatable bonds is 5. The average Bonchev–Trinajstić information content (AvgIpc) is 3.12. The summed E-state index contributed by atoms with van der Waals surface area (Å²) in [6, 6.07) is 6.93. The number of carbonyl (C=O) groups excluding carboxylic acids is 1. The van der Waals surface area contributed by atoms with Gasteiger partial charge in [0.1, 0.15) is 24.5 Å². The number of ether oxygens (including phenoxy) is 1. The van der Waals surface area contributed by atoms with Crippen LogP contribution in [0, 0.1) is 5.82 Å². The summed E-state index contributed by atoms with van der Waals surface area (Å²) >= 11 is 0. The van der Waals surface area contributed by atoms with E-state index >= 15 is 0 Å². The van der Waals surface area contributed by atoms with Crippen LogP contribution in [-0.2, 0) is 16.1 Å². The van der Waals surface area contributed by atoms with Crippen molar-refractivity contribution in [2.75, 3.05) is 30.4 Å². The van der Waals surface area contributed by atoms with Gasteiger partial charge >= 0.3 is 5.97 Å². The molecule has 1 aliphatic heterocycles. The minimum absolute atomic E-state index is 0.0130. The van der Waals surface area contributed by atoms with Gasteiger partial charge in [-0.25, -0.2) is 19.0 Å². The highest BCUT2D eigenvalue weighted by atomic mass is 19.1. The number of fused-ring (bicyclic) bond motifs is 1. The second-order valence-electron chi connectivity index (χ2n) is 6.72. The zero-order chi connectivity index (χ0) is 19.5. The highest BCUT2D eigenvalue weighted by Gasteiger charge is 2.23. The molecule has 1 unspecified atom stereocenters. The molecule has 1 aromatic carbocycles. The number of piperidine rings is 1. The third kappa shape index (κ3) is 3.60. The topological polar surface area (TPSA) is 85.2 Å². The highest BCUT2D eigenvalue weighted by Crippen LogP contribution is 2.26. The molecule has 146 valence electrons. The number of halogens is 1. The SMILES string of the molecule is COC(=O)Cn1ncc2c(NC3CCCN(c4ccccc4F)C3)ncnc21. The first-order chi connectivity index (χ1) is 13.7. The molecule has 1 saturated heterocycles. The molecular weight excluding hydrogens is 363 g/mol. The molecule has 3 heterocycles. The van der Waals surface area contributed by atoms with Gasteiger partial charge in [-0.2, -0.15) is 5.10 Å². The fourth-order valence-corrected chi connectivity index (χ4v) is 3.53. The number of para-hydroxylation sites is 1. The van der Waals surface area contributed by atoms with E-state index in [9.17, 15) is 9.18 Å². The monoisotopic (exact) mass is 384 g/mol. The zero-order valence-electron chi connectivity index (χ0n) is 15.5. The Kier molecular flexibility index (Phi) is 5.05. The van der Waals surface area contributed by atoms with Crippen LogP contribution in [0.4, 0.5) is 15.9 Å². The normalized spacial score (nSPS) is 16.9. The quantitative estimate of drug-likeness (QED) is 0.675. The molecule has 3 aromatic rings. The molecule has 28 heavy (non-hydrogen) atoms. The maximum absolute atomic E-state index is 14.1. The zero-order valence-corrected chi connectivity index (χ0v) is 15.5. The van der Waals surface area contributed by atoms with Crippen LogP contribution in [0.3, 0.4) is 0 Å². The summed E-state index contributed by atoms with van der Waals surface area (Å²) in [6.45, 7) is 1.47. The molecule has 9 heteroatoms. The van der Waals surface area contributed by atoms with Gasteiger partial charge in [-0.15, -0.1) is 0 Å². The summed E-state index contributed by atoms with van der Waals surface area (Å²) in [5.74, 6) is 0.0455. The number of aromatic nitrogens is 4. The van der Waals surface area contributed by atoms with Gasteiger partial charge in [-0.3, -0.25) is 4.79 Å². The van der Waals surface area contributed by atoms with Crippen molar-refractivity contribution in [1.29, 1.82) is 0 Å². The van der Waals surface area contributed by atoms with Crippen molar-refractivity contribution in [3.8, 4) is 0 Å². The van der Waals surface area contributed by atoms with Gasteiger partial charge in [0, 0.05) is 19.1 Å². The largest absolute Gasteiger partial charge is 0.468 e. The number of anilines is 2. The highest BCUT2D eigenvalue weighted by molar-refractivity contribution is 5.87. The molecule has 1 atom stereocenters. The molecule has 1 fully saturated rings. The minimum Gasteiger partial charge on any atom is -0.468 e. The van der Waals surface area contributed by atoms with Crippen LogP contribution in [0.25, 0.3) is 11.0 Å². The Labute approximate surface area is 161 Å². The molecule has 8 nitrogen and oxygen atoms in total. The van der Waals surface area contributed by atoms with E-state index in [1.807, 2.05) is 6.07 Å². The number of methoxy groups -OCH3 is 1. The number of hydrogen-bond acceptors (Lipinski definition) is 7. The third-order valence-corrected chi connectivity index (χ3v) is 4.90. The summed E-state index contributed by atoms with van der Waals surface area (Å²) in [6.07, 6.45) is 4.98. The molecule has 4 rings (SSSR count). The summed E-state index contributed by atoms with van der Waals surface area (Å²) in [7, 11) is 1.33. The lowest BCUT2D eigenvalue weighted by molar-refractivity contribution is -0.141. The molecule has 1 aliphatic rings. The second-order valence-corrected chi connectivity index (χ2v) is 6.72. The van der Waals surface area contributed by atoms with E-state index in [0.29, 0.717) is 23.7 Å². The van der Waals surface area contributed by atoms with E-state index in [-0.39, 0.29) is 18.4 Å². The number of benzene rings is 1. The Balaban J connectivity index is 1.53. The lowest BCUT2D eigenvalue weighted by Gasteiger charge is -2.35. The van der Waals surface area contributed by atoms with Crippen molar-refractivity contribution >= 4 is 28.5 Å². The van der Waals surface area contributed by atoms with Crippen molar-refractivity contribution in [3.63, 3.8) is 0 Å². The molecule has 0 saturated carbocycles. The van der Waals surface area contributed by atoms with Crippen LogP contribution >= 0.6 is 0 Å². The molecule has 0 spiro atoms. The molecular formula is C19H21FN6O2. The number of hydrogen-bond donors (Lipinski definition) is 1. The van der Waals surface area contributed by atoms with Crippen molar-refractivity contribution < 1.29 is 13.9 Å². The van der Waals surface area contributed by atoms with Gasteiger partial charge < -0.3 is 15.0 Å². The second kappa shape index (κ2) is 7.79. The molecule has 0 aliphatic carbocycles. The first-order valence-electron chi connectivity index (χ1n) is 9.15. The van der Waals surface area contributed by atoms with Gasteiger partial charge in [-0.05, 0) is 25.0 Å². The number of carbonyl (C=O) groups is 1. The van der Waals surface area contributed by atoms with Crippen LogP contribution in [0.5, 0.6) is 0 Å². The van der Waals surface area contributed by atoms with E-state index in [1.165, 1.54) is 24.2 Å². The standard InChI is InChI=1S/C19H21FN6O2/c1-28-17(27)11-26-19-14(9-23-26)18(21-12-22-19)24-13-5-4-8-25(10-13)16-7-3-2-6-15(16)20/h2-3,6-7,9,12-13H,4-5,8,10-11H2,1H3,(H,21,22,24). The van der Waals surface area contributed by atoms with Crippen LogP contribution in [0.2, 0.25) is 0 Å². The van der Waals surface area contributed by atoms with Crippen molar-refractivity contribution in [3.05, 3.63) is 42.6 Å². The Bertz CT molecular complexity index is 991. The molecule has 1 N–H and O–H groups in total. The maximum Gasteiger partial charge on any atom is 0.327 e. The Morgan fingerprint density at radius 2 is 2.21 bits per heavy atom. The average molecular weight is 384 g/mol. The summed E-state index contributed by atoms with van der Waals surface area (Å²) < 4.78 is 20.3. The maximum atomic E-state index is 14.1. The first kappa shape index (κ1) is 18.1. The van der Waals surface area contributed by atoms with Crippen LogP contribution in [0.15, 0.2) is 36.8 Å². The molecule has 0 amide bonds. The number of nitrogens with one attached hydrogen (secondary N) is 1. The van der Waals surface area contributed by atoms with Crippen LogP contribution < -0.4 is 10.2 Å². The molecule has 0 bridgehead atoms. The van der Waals surface area contributed by atoms with Crippen LogP contribution in [0.1, 0.15) is 12.8 Å². The van der Waals surface area contributed by atoms with E-state index in [1.54, 1.807) is 18.3 Å². The summed E-state index contributed by atoms with van der Waals surface area (Å²) in [5.41, 5.74) is 1.18. The number of esters is 1. The lowest BCUT2D eigenvalue weighted by Crippen LogP contribution is -2.42. The lowest BCUT2D eigenvalue weighted by atomic mass is 10.0. The van der Waals surface area contributed by atoms with Crippen molar-refractivity contribution in [1.82, 2.24) is 19.7 Å². The van der Waals surface area contributed by atoms with Crippen molar-refractivity contribution in [2.45, 2.75) is 25.4 Å². The fraction of sp³-hybridized carbons (Fsp3) is 0.368. The number of nitrogens with zero attached hydrogens (tertiary/aromatic N) is 5. The van der Waals surface area contributed by atoms with Gasteiger partial charge in [0.05, 0.1) is 24.4 Å². The molecule has 2 aromatic heterocycles. The van der Waals surface area contributed by atoms with Gasteiger partial charge in [0.2, 0.25) is 0 Å². The fourth-order valence-electron chi connectivity index (χ4n) is 3.53. The summed E-state index contributed by atoms with van der Waals surface area (Å²) in [4.78, 5) is 22.2. The predicted molar refractivity (Wildman–Crippen MR) is 103 cm³/mol. The van der Waals surface area contributed by atoms with E-state index in [4.69, 9.17) is 4.74 Å². The smallest absolute Gasteiger partial charge is 0.327 e. The van der Waals surface area contributed by atoms with Crippen molar-refractivity contribution in [2.24, 2.45) is 0 Å². The first-order valence-corrected chi connectivity index (χ1v) is 9.15. The van der Waals surface area contributed by atoms with E-state index in [0.717, 1.165) is 24.8 Å². The summed E-state index contributed by atoms with van der Waals surface area (Å²) in [5, 5.41) is 8.39. The Morgan fingerprint density at radius 1 is 1.36 bits per heavy atom. The molecule has 0 radical (unpaired) electrons. The van der Waals surface area contributed by atoms with Gasteiger partial charge in [0.25, 0.3) is 0 Å². The third-order valence-electron chi connectivity index (χ3n) is 4.90. The Hall–Kier alpha value is -3.23. The van der Waals surface area contributed by atoms with E-state index < -0.39 is 5.97 Å². The van der Waals surface area contributed by atoms with Crippen LogP contribution in [-0.4, -0.2) is 52.0 Å². The Morgan fingerprint density at radius 3 is 3.04 bits per heavy atom. The van der Waals surface area contributed by atoms with Gasteiger partial charge in [-0.1, -0.05) is 12.1 Å². The van der Waals surface area contributed by atoms with E-state index in [2.05, 4.69) is 25.3 Å².